The number of rotatable bonds is 5. The van der Waals surface area contributed by atoms with Gasteiger partial charge in [0.25, 0.3) is 0 Å². The molecule has 3 N–H and O–H groups in total. The van der Waals surface area contributed by atoms with Crippen molar-refractivity contribution in [1.29, 1.82) is 0 Å². The average molecular weight is 358 g/mol. The van der Waals surface area contributed by atoms with Crippen molar-refractivity contribution in [3.63, 3.8) is 0 Å². The van der Waals surface area contributed by atoms with Crippen molar-refractivity contribution < 1.29 is 13.9 Å². The van der Waals surface area contributed by atoms with E-state index in [4.69, 9.17) is 22.1 Å². The molecule has 2 unspecified atom stereocenters. The number of nitrogens with one attached hydrogen (secondary N) is 1. The largest absolute Gasteiger partial charge is 0.376 e. The van der Waals surface area contributed by atoms with Gasteiger partial charge in [-0.3, -0.25) is 9.69 Å². The monoisotopic (exact) mass is 357 g/mol. The molecule has 1 aromatic rings. The number of carbonyl (C=O) groups is 1. The third-order valence-corrected chi connectivity index (χ3v) is 4.42. The lowest BCUT2D eigenvalue weighted by atomic mass is 10.0. The first-order valence-electron chi connectivity index (χ1n) is 8.07. The van der Waals surface area contributed by atoms with Gasteiger partial charge in [0, 0.05) is 30.2 Å². The molecule has 0 bridgehead atoms. The highest BCUT2D eigenvalue weighted by atomic mass is 35.5. The third-order valence-electron chi connectivity index (χ3n) is 4.09. The Bertz CT molecular complexity index is 571. The van der Waals surface area contributed by atoms with E-state index in [2.05, 4.69) is 10.2 Å². The molecule has 134 valence electrons. The second-order valence-electron chi connectivity index (χ2n) is 6.76. The van der Waals surface area contributed by atoms with Gasteiger partial charge in [0.15, 0.2) is 0 Å². The minimum Gasteiger partial charge on any atom is -0.376 e. The fourth-order valence-corrected chi connectivity index (χ4v) is 3.08. The Kier molecular flexibility index (Phi) is 6.20. The van der Waals surface area contributed by atoms with Crippen LogP contribution in [-0.4, -0.2) is 48.7 Å². The van der Waals surface area contributed by atoms with Crippen LogP contribution in [0.25, 0.3) is 0 Å². The van der Waals surface area contributed by atoms with E-state index in [1.165, 1.54) is 6.07 Å². The lowest BCUT2D eigenvalue weighted by molar-refractivity contribution is -0.125. The molecule has 5 nitrogen and oxygen atoms in total. The second kappa shape index (κ2) is 7.78. The molecule has 1 aliphatic heterocycles. The topological polar surface area (TPSA) is 67.6 Å². The highest BCUT2D eigenvalue weighted by molar-refractivity contribution is 6.31. The Hall–Kier alpha value is -1.21. The number of ether oxygens (including phenoxy) is 1. The van der Waals surface area contributed by atoms with Crippen LogP contribution in [0.2, 0.25) is 5.02 Å². The van der Waals surface area contributed by atoms with Crippen LogP contribution in [0, 0.1) is 5.82 Å². The summed E-state index contributed by atoms with van der Waals surface area (Å²) in [5, 5.41) is 3.16. The number of benzene rings is 1. The molecule has 0 saturated carbocycles. The van der Waals surface area contributed by atoms with Crippen LogP contribution in [0.1, 0.15) is 32.4 Å². The maximum absolute atomic E-state index is 14.4. The van der Waals surface area contributed by atoms with Crippen molar-refractivity contribution in [2.45, 2.75) is 38.5 Å². The van der Waals surface area contributed by atoms with E-state index < -0.39 is 5.54 Å². The number of hydrogen-bond acceptors (Lipinski definition) is 4. The third kappa shape index (κ3) is 4.66. The molecule has 0 aliphatic carbocycles. The van der Waals surface area contributed by atoms with E-state index in [0.717, 1.165) is 0 Å². The number of nitrogens with two attached hydrogens (primary N) is 1. The number of nitrogens with zero attached hydrogens (tertiary/aromatic N) is 1. The number of amides is 1. The lowest BCUT2D eigenvalue weighted by Gasteiger charge is -2.38. The summed E-state index contributed by atoms with van der Waals surface area (Å²) in [6.45, 7) is 7.29. The van der Waals surface area contributed by atoms with Gasteiger partial charge in [-0.25, -0.2) is 4.39 Å². The summed E-state index contributed by atoms with van der Waals surface area (Å²) >= 11 is 6.25. The van der Waals surface area contributed by atoms with Gasteiger partial charge in [-0.2, -0.15) is 0 Å². The molecule has 24 heavy (non-hydrogen) atoms. The first-order chi connectivity index (χ1) is 11.2. The Labute approximate surface area is 147 Å². The van der Waals surface area contributed by atoms with E-state index in [0.29, 0.717) is 30.3 Å². The Morgan fingerprint density at radius 3 is 2.88 bits per heavy atom. The molecule has 1 aromatic carbocycles. The van der Waals surface area contributed by atoms with Crippen LogP contribution in [0.15, 0.2) is 18.2 Å². The number of morpholine rings is 1. The average Bonchev–Trinajstić information content (AvgIpc) is 2.48. The highest BCUT2D eigenvalue weighted by Gasteiger charge is 2.31. The van der Waals surface area contributed by atoms with E-state index in [-0.39, 0.29) is 30.4 Å². The van der Waals surface area contributed by atoms with Crippen LogP contribution in [0.4, 0.5) is 4.39 Å². The summed E-state index contributed by atoms with van der Waals surface area (Å²) in [4.78, 5) is 14.2. The van der Waals surface area contributed by atoms with Crippen molar-refractivity contribution in [2.24, 2.45) is 5.73 Å². The van der Waals surface area contributed by atoms with E-state index in [9.17, 15) is 9.18 Å². The van der Waals surface area contributed by atoms with Crippen LogP contribution in [-0.2, 0) is 9.53 Å². The molecule has 1 saturated heterocycles. The predicted octanol–water partition coefficient (Wildman–Crippen LogP) is 2.09. The number of hydrogen-bond donors (Lipinski definition) is 2. The fraction of sp³-hybridized carbons (Fsp3) is 0.588. The SMILES string of the molecule is CC1CN(C(CNC(=O)C(C)(C)N)c2c(F)cccc2Cl)CCO1. The van der Waals surface area contributed by atoms with Crippen LogP contribution in [0.3, 0.4) is 0 Å². The quantitative estimate of drug-likeness (QED) is 0.846. The van der Waals surface area contributed by atoms with Gasteiger partial charge in [0.2, 0.25) is 5.91 Å². The van der Waals surface area contributed by atoms with Gasteiger partial charge in [-0.05, 0) is 32.9 Å². The van der Waals surface area contributed by atoms with Gasteiger partial charge < -0.3 is 15.8 Å². The summed E-state index contributed by atoms with van der Waals surface area (Å²) in [6, 6.07) is 4.23. The molecular formula is C17H25ClFN3O2. The molecule has 1 fully saturated rings. The first kappa shape index (κ1) is 19.1. The number of carbonyl (C=O) groups excluding carboxylic acids is 1. The zero-order valence-corrected chi connectivity index (χ0v) is 15.1. The van der Waals surface area contributed by atoms with Crippen molar-refractivity contribution in [1.82, 2.24) is 10.2 Å². The van der Waals surface area contributed by atoms with Gasteiger partial charge in [0.05, 0.1) is 24.3 Å². The van der Waals surface area contributed by atoms with Gasteiger partial charge in [-0.1, -0.05) is 17.7 Å². The molecule has 0 aromatic heterocycles. The summed E-state index contributed by atoms with van der Waals surface area (Å²) in [6.07, 6.45) is 0.0356. The smallest absolute Gasteiger partial charge is 0.239 e. The molecule has 2 rings (SSSR count). The number of halogens is 2. The molecule has 1 amide bonds. The molecule has 1 heterocycles. The van der Waals surface area contributed by atoms with E-state index in [1.807, 2.05) is 6.92 Å². The zero-order valence-electron chi connectivity index (χ0n) is 14.3. The van der Waals surface area contributed by atoms with E-state index >= 15 is 0 Å². The molecule has 0 spiro atoms. The molecule has 1 aliphatic rings. The highest BCUT2D eigenvalue weighted by Crippen LogP contribution is 2.31. The van der Waals surface area contributed by atoms with Gasteiger partial charge in [-0.15, -0.1) is 0 Å². The summed E-state index contributed by atoms with van der Waals surface area (Å²) < 4.78 is 20.0. The van der Waals surface area contributed by atoms with Crippen molar-refractivity contribution >= 4 is 17.5 Å². The van der Waals surface area contributed by atoms with Crippen molar-refractivity contribution in [2.75, 3.05) is 26.2 Å². The minimum atomic E-state index is -0.998. The minimum absolute atomic E-state index is 0.0356. The predicted molar refractivity (Wildman–Crippen MR) is 92.4 cm³/mol. The molecule has 7 heteroatoms. The normalized spacial score (nSPS) is 20.7. The molecule has 2 atom stereocenters. The van der Waals surface area contributed by atoms with Gasteiger partial charge >= 0.3 is 0 Å². The first-order valence-corrected chi connectivity index (χ1v) is 8.44. The maximum Gasteiger partial charge on any atom is 0.239 e. The van der Waals surface area contributed by atoms with Gasteiger partial charge in [0.1, 0.15) is 5.82 Å². The van der Waals surface area contributed by atoms with Crippen LogP contribution in [0.5, 0.6) is 0 Å². The summed E-state index contributed by atoms with van der Waals surface area (Å²) in [7, 11) is 0. The van der Waals surface area contributed by atoms with E-state index in [1.54, 1.807) is 26.0 Å². The van der Waals surface area contributed by atoms with Crippen LogP contribution >= 0.6 is 11.6 Å². The Morgan fingerprint density at radius 2 is 2.29 bits per heavy atom. The Morgan fingerprint density at radius 1 is 1.58 bits per heavy atom. The lowest BCUT2D eigenvalue weighted by Crippen LogP contribution is -2.52. The zero-order chi connectivity index (χ0) is 17.9. The fourth-order valence-electron chi connectivity index (χ4n) is 2.79. The molecular weight excluding hydrogens is 333 g/mol. The van der Waals surface area contributed by atoms with Crippen LogP contribution < -0.4 is 11.1 Å². The summed E-state index contributed by atoms with van der Waals surface area (Å²) in [5.41, 5.74) is 5.21. The second-order valence-corrected chi connectivity index (χ2v) is 7.17. The maximum atomic E-state index is 14.4. The summed E-state index contributed by atoms with van der Waals surface area (Å²) in [5.74, 6) is -0.672. The molecule has 0 radical (unpaired) electrons. The standard InChI is InChI=1S/C17H25ClFN3O2/c1-11-10-22(7-8-24-11)14(9-21-16(23)17(2,3)20)15-12(18)5-4-6-13(15)19/h4-6,11,14H,7-10,20H2,1-3H3,(H,21,23). The van der Waals surface area contributed by atoms with Crippen molar-refractivity contribution in [3.05, 3.63) is 34.6 Å². The Balaban J connectivity index is 2.26. The van der Waals surface area contributed by atoms with Crippen molar-refractivity contribution in [3.8, 4) is 0 Å².